The lowest BCUT2D eigenvalue weighted by atomic mass is 9.82. The normalized spacial score (nSPS) is 24.4. The van der Waals surface area contributed by atoms with Crippen LogP contribution in [-0.2, 0) is 9.53 Å². The van der Waals surface area contributed by atoms with E-state index in [1.807, 2.05) is 0 Å². The minimum absolute atomic E-state index is 0.103. The third-order valence-electron chi connectivity index (χ3n) is 5.67. The van der Waals surface area contributed by atoms with Crippen LogP contribution in [0.1, 0.15) is 54.9 Å². The van der Waals surface area contributed by atoms with E-state index in [9.17, 15) is 23.1 Å². The van der Waals surface area contributed by atoms with Gasteiger partial charge >= 0.3 is 6.36 Å². The predicted molar refractivity (Wildman–Crippen MR) is 112 cm³/mol. The number of nitrogens with one attached hydrogen (secondary N) is 1. The number of alkyl halides is 3. The first kappa shape index (κ1) is 23.6. The molecule has 2 atom stereocenters. The third-order valence-corrected chi connectivity index (χ3v) is 5.91. The largest absolute Gasteiger partial charge is 0.522 e. The SMILES string of the molecule is C=C(CCNC(=O)[C@H]1C[C@@H](O)c2cc(Cl)ccc2O1)c1cnc(C2CC(OC(F)(F)F)C2)o1. The Hall–Kier alpha value is -2.56. The van der Waals surface area contributed by atoms with Crippen molar-refractivity contribution in [2.75, 3.05) is 6.54 Å². The van der Waals surface area contributed by atoms with Crippen molar-refractivity contribution in [3.63, 3.8) is 0 Å². The van der Waals surface area contributed by atoms with Gasteiger partial charge in [-0.15, -0.1) is 13.2 Å². The summed E-state index contributed by atoms with van der Waals surface area (Å²) in [7, 11) is 0. The van der Waals surface area contributed by atoms with Crippen LogP contribution in [-0.4, -0.2) is 41.1 Å². The summed E-state index contributed by atoms with van der Waals surface area (Å²) >= 11 is 5.94. The number of nitrogens with zero attached hydrogens (tertiary/aromatic N) is 1. The van der Waals surface area contributed by atoms with Gasteiger partial charge in [0, 0.05) is 29.5 Å². The fourth-order valence-corrected chi connectivity index (χ4v) is 4.03. The zero-order chi connectivity index (χ0) is 23.8. The maximum atomic E-state index is 12.5. The molecule has 2 aliphatic rings. The molecular weight excluding hydrogens is 465 g/mol. The van der Waals surface area contributed by atoms with E-state index in [0.29, 0.717) is 40.0 Å². The Morgan fingerprint density at radius 3 is 2.82 bits per heavy atom. The van der Waals surface area contributed by atoms with Crippen molar-refractivity contribution in [1.82, 2.24) is 10.3 Å². The summed E-state index contributed by atoms with van der Waals surface area (Å²) in [6.07, 6.45) is -4.92. The van der Waals surface area contributed by atoms with Crippen LogP contribution in [0.2, 0.25) is 5.02 Å². The van der Waals surface area contributed by atoms with Crippen LogP contribution in [0.3, 0.4) is 0 Å². The molecule has 0 bridgehead atoms. The van der Waals surface area contributed by atoms with Crippen LogP contribution in [0.5, 0.6) is 5.75 Å². The lowest BCUT2D eigenvalue weighted by Crippen LogP contribution is -2.41. The van der Waals surface area contributed by atoms with Crippen LogP contribution >= 0.6 is 11.6 Å². The zero-order valence-corrected chi connectivity index (χ0v) is 18.2. The van der Waals surface area contributed by atoms with Crippen molar-refractivity contribution >= 4 is 23.1 Å². The van der Waals surface area contributed by atoms with Crippen LogP contribution in [0.4, 0.5) is 13.2 Å². The smallest absolute Gasteiger partial charge is 0.480 e. The molecule has 0 radical (unpaired) electrons. The zero-order valence-electron chi connectivity index (χ0n) is 17.4. The minimum atomic E-state index is -4.64. The van der Waals surface area contributed by atoms with Crippen molar-refractivity contribution in [1.29, 1.82) is 0 Å². The van der Waals surface area contributed by atoms with Crippen molar-refractivity contribution < 1.29 is 37.0 Å². The molecule has 1 fully saturated rings. The average molecular weight is 487 g/mol. The maximum absolute atomic E-state index is 12.5. The number of benzene rings is 1. The summed E-state index contributed by atoms with van der Waals surface area (Å²) in [5.41, 5.74) is 1.13. The van der Waals surface area contributed by atoms with Crippen LogP contribution in [0, 0.1) is 0 Å². The predicted octanol–water partition coefficient (Wildman–Crippen LogP) is 4.51. The molecule has 1 aliphatic carbocycles. The van der Waals surface area contributed by atoms with E-state index >= 15 is 0 Å². The number of ether oxygens (including phenoxy) is 2. The Morgan fingerprint density at radius 1 is 1.33 bits per heavy atom. The van der Waals surface area contributed by atoms with Crippen LogP contribution in [0.25, 0.3) is 5.57 Å². The number of rotatable bonds is 7. The number of aliphatic hydroxyl groups excluding tert-OH is 1. The fourth-order valence-electron chi connectivity index (χ4n) is 3.84. The number of fused-ring (bicyclic) bond motifs is 1. The number of amides is 1. The average Bonchev–Trinajstić information content (AvgIpc) is 3.19. The highest BCUT2D eigenvalue weighted by atomic mass is 35.5. The summed E-state index contributed by atoms with van der Waals surface area (Å²) in [5, 5.41) is 13.5. The molecule has 0 unspecified atom stereocenters. The molecule has 2 N–H and O–H groups in total. The van der Waals surface area contributed by atoms with Gasteiger partial charge in [-0.1, -0.05) is 18.2 Å². The Kier molecular flexibility index (Phi) is 6.69. The van der Waals surface area contributed by atoms with Gasteiger partial charge in [0.25, 0.3) is 5.91 Å². The fraction of sp³-hybridized carbons (Fsp3) is 0.455. The Labute approximate surface area is 192 Å². The van der Waals surface area contributed by atoms with Gasteiger partial charge in [-0.25, -0.2) is 4.98 Å². The molecule has 1 saturated carbocycles. The molecule has 2 aromatic rings. The monoisotopic (exact) mass is 486 g/mol. The highest BCUT2D eigenvalue weighted by Gasteiger charge is 2.42. The topological polar surface area (TPSA) is 93.8 Å². The molecule has 1 aliphatic heterocycles. The summed E-state index contributed by atoms with van der Waals surface area (Å²) in [6.45, 7) is 4.17. The van der Waals surface area contributed by atoms with Gasteiger partial charge in [0.2, 0.25) is 0 Å². The molecule has 7 nitrogen and oxygen atoms in total. The van der Waals surface area contributed by atoms with E-state index in [-0.39, 0.29) is 37.6 Å². The molecule has 4 rings (SSSR count). The van der Waals surface area contributed by atoms with Gasteiger partial charge in [0.1, 0.15) is 11.5 Å². The molecular formula is C22H22ClF3N2O5. The lowest BCUT2D eigenvalue weighted by Gasteiger charge is -2.33. The number of oxazole rings is 1. The van der Waals surface area contributed by atoms with Crippen molar-refractivity contribution in [3.8, 4) is 5.75 Å². The van der Waals surface area contributed by atoms with Crippen LogP contribution < -0.4 is 10.1 Å². The second kappa shape index (κ2) is 9.36. The maximum Gasteiger partial charge on any atom is 0.522 e. The number of carbonyl (C=O) groups is 1. The first-order chi connectivity index (χ1) is 15.6. The summed E-state index contributed by atoms with van der Waals surface area (Å²) in [4.78, 5) is 16.6. The second-order valence-electron chi connectivity index (χ2n) is 8.10. The number of hydrogen-bond donors (Lipinski definition) is 2. The Balaban J connectivity index is 1.22. The molecule has 2 heterocycles. The van der Waals surface area contributed by atoms with Crippen molar-refractivity contribution in [2.45, 2.75) is 56.3 Å². The molecule has 1 amide bonds. The number of halogens is 4. The van der Waals surface area contributed by atoms with Gasteiger partial charge in [-0.05, 0) is 43.0 Å². The van der Waals surface area contributed by atoms with Crippen molar-refractivity contribution in [3.05, 3.63) is 53.2 Å². The highest BCUT2D eigenvalue weighted by molar-refractivity contribution is 6.30. The molecule has 33 heavy (non-hydrogen) atoms. The van der Waals surface area contributed by atoms with Crippen LogP contribution in [0.15, 0.2) is 35.4 Å². The molecule has 11 heteroatoms. The van der Waals surface area contributed by atoms with E-state index in [1.165, 1.54) is 6.20 Å². The number of aromatic nitrogens is 1. The van der Waals surface area contributed by atoms with Gasteiger partial charge in [-0.2, -0.15) is 0 Å². The minimum Gasteiger partial charge on any atom is -0.480 e. The van der Waals surface area contributed by atoms with Gasteiger partial charge < -0.3 is 19.6 Å². The highest BCUT2D eigenvalue weighted by Crippen LogP contribution is 2.41. The molecule has 0 spiro atoms. The Morgan fingerprint density at radius 2 is 2.09 bits per heavy atom. The summed E-state index contributed by atoms with van der Waals surface area (Å²) in [6, 6.07) is 4.85. The molecule has 1 aromatic carbocycles. The van der Waals surface area contributed by atoms with Gasteiger partial charge in [0.15, 0.2) is 12.0 Å². The number of hydrogen-bond acceptors (Lipinski definition) is 6. The standard InChI is InChI=1S/C22H22ClF3N2O5/c1-11(19-10-28-21(32-19)12-6-14(7-12)33-22(24,25)26)4-5-27-20(30)18-9-16(29)15-8-13(23)2-3-17(15)31-18/h2-3,8,10,12,14,16,18,29H,1,4-7,9H2,(H,27,30)/t12?,14?,16-,18-/m1/s1. The summed E-state index contributed by atoms with van der Waals surface area (Å²) in [5.74, 6) is 0.572. The van der Waals surface area contributed by atoms with Gasteiger partial charge in [0.05, 0.1) is 18.4 Å². The molecule has 1 aromatic heterocycles. The van der Waals surface area contributed by atoms with E-state index < -0.39 is 24.7 Å². The Bertz CT molecular complexity index is 1040. The lowest BCUT2D eigenvalue weighted by molar-refractivity contribution is -0.352. The first-order valence-electron chi connectivity index (χ1n) is 10.4. The summed E-state index contributed by atoms with van der Waals surface area (Å²) < 4.78 is 52.0. The van der Waals surface area contributed by atoms with E-state index in [0.717, 1.165) is 0 Å². The second-order valence-corrected chi connectivity index (χ2v) is 8.54. The molecule has 0 saturated heterocycles. The van der Waals surface area contributed by atoms with E-state index in [1.54, 1.807) is 18.2 Å². The van der Waals surface area contributed by atoms with Crippen molar-refractivity contribution in [2.24, 2.45) is 0 Å². The number of aliphatic hydroxyl groups is 1. The quantitative estimate of drug-likeness (QED) is 0.598. The van der Waals surface area contributed by atoms with E-state index in [2.05, 4.69) is 21.6 Å². The third kappa shape index (κ3) is 5.69. The number of carbonyl (C=O) groups excluding carboxylic acids is 1. The molecule has 178 valence electrons. The van der Waals surface area contributed by atoms with E-state index in [4.69, 9.17) is 20.8 Å². The first-order valence-corrected chi connectivity index (χ1v) is 10.8. The van der Waals surface area contributed by atoms with Gasteiger partial charge in [-0.3, -0.25) is 9.53 Å².